The minimum atomic E-state index is -3.38. The monoisotopic (exact) mass is 341 g/mol. The van der Waals surface area contributed by atoms with E-state index in [1.807, 2.05) is 30.7 Å². The number of unbranched alkanes of at least 4 members (excludes halogenated alkanes) is 1. The van der Waals surface area contributed by atoms with Gasteiger partial charge in [0.25, 0.3) is 0 Å². The van der Waals surface area contributed by atoms with Gasteiger partial charge in [-0.15, -0.1) is 0 Å². The molecule has 1 unspecified atom stereocenters. The Morgan fingerprint density at radius 2 is 2.00 bits per heavy atom. The zero-order valence-electron chi connectivity index (χ0n) is 12.7. The highest BCUT2D eigenvalue weighted by atomic mass is 35.5. The summed E-state index contributed by atoms with van der Waals surface area (Å²) < 4.78 is 29.1. The van der Waals surface area contributed by atoms with Gasteiger partial charge in [0, 0.05) is 24.5 Å². The van der Waals surface area contributed by atoms with Crippen molar-refractivity contribution in [3.63, 3.8) is 0 Å². The molecule has 7 heteroatoms. The highest BCUT2D eigenvalue weighted by Crippen LogP contribution is 2.23. The summed E-state index contributed by atoms with van der Waals surface area (Å²) in [7, 11) is -1.54. The number of nitrogens with zero attached hydrogens (tertiary/aromatic N) is 2. The maximum Gasteiger partial charge on any atom is 0.212 e. The second-order valence-corrected chi connectivity index (χ2v) is 7.48. The first-order chi connectivity index (χ1) is 10.4. The van der Waals surface area contributed by atoms with Crippen LogP contribution in [0.4, 0.5) is 0 Å². The number of nitrogens with one attached hydrogen (secondary N) is 1. The zero-order valence-corrected chi connectivity index (χ0v) is 14.2. The second kappa shape index (κ2) is 7.26. The van der Waals surface area contributed by atoms with Gasteiger partial charge in [-0.25, -0.2) is 18.1 Å². The number of halogens is 1. The van der Waals surface area contributed by atoms with Crippen molar-refractivity contribution in [2.75, 3.05) is 5.75 Å². The highest BCUT2D eigenvalue weighted by Gasteiger charge is 2.24. The summed E-state index contributed by atoms with van der Waals surface area (Å²) in [6, 6.07) is 6.58. The van der Waals surface area contributed by atoms with Crippen LogP contribution in [0.25, 0.3) is 0 Å². The maximum atomic E-state index is 12.3. The van der Waals surface area contributed by atoms with Gasteiger partial charge in [0.2, 0.25) is 10.0 Å². The molecule has 0 fully saturated rings. The van der Waals surface area contributed by atoms with Crippen LogP contribution >= 0.6 is 11.6 Å². The number of benzene rings is 1. The summed E-state index contributed by atoms with van der Waals surface area (Å²) in [5, 5.41) is 0.608. The molecular weight excluding hydrogens is 322 g/mol. The molecule has 0 aliphatic rings. The SMILES string of the molecule is CCCCS(=O)(=O)NC(c1ccc(Cl)cc1)c1nccn1C. The minimum absolute atomic E-state index is 0.109. The van der Waals surface area contributed by atoms with Crippen LogP contribution in [0.5, 0.6) is 0 Å². The molecule has 0 saturated heterocycles. The number of sulfonamides is 1. The fraction of sp³-hybridized carbons (Fsp3) is 0.400. The average molecular weight is 342 g/mol. The molecule has 0 aliphatic carbocycles. The molecule has 0 aliphatic heterocycles. The van der Waals surface area contributed by atoms with Gasteiger partial charge < -0.3 is 4.57 Å². The van der Waals surface area contributed by atoms with E-state index in [2.05, 4.69) is 9.71 Å². The van der Waals surface area contributed by atoms with Crippen LogP contribution in [0.15, 0.2) is 36.7 Å². The molecule has 0 spiro atoms. The Bertz CT molecular complexity index is 711. The van der Waals surface area contributed by atoms with Gasteiger partial charge in [-0.05, 0) is 24.1 Å². The first-order valence-corrected chi connectivity index (χ1v) is 9.18. The number of aromatic nitrogens is 2. The van der Waals surface area contributed by atoms with Crippen molar-refractivity contribution in [1.29, 1.82) is 0 Å². The summed E-state index contributed by atoms with van der Waals surface area (Å²) in [6.07, 6.45) is 4.90. The van der Waals surface area contributed by atoms with Crippen molar-refractivity contribution < 1.29 is 8.42 Å². The highest BCUT2D eigenvalue weighted by molar-refractivity contribution is 7.89. The fourth-order valence-corrected chi connectivity index (χ4v) is 3.67. The molecule has 1 aromatic carbocycles. The van der Waals surface area contributed by atoms with Crippen molar-refractivity contribution >= 4 is 21.6 Å². The second-order valence-electron chi connectivity index (χ2n) is 5.17. The van der Waals surface area contributed by atoms with Gasteiger partial charge >= 0.3 is 0 Å². The molecule has 1 aromatic heterocycles. The smallest absolute Gasteiger partial charge is 0.212 e. The minimum Gasteiger partial charge on any atom is -0.336 e. The van der Waals surface area contributed by atoms with Gasteiger partial charge in [0.1, 0.15) is 11.9 Å². The summed E-state index contributed by atoms with van der Waals surface area (Å²) in [6.45, 7) is 1.96. The third-order valence-electron chi connectivity index (χ3n) is 3.38. The third-order valence-corrected chi connectivity index (χ3v) is 5.06. The Balaban J connectivity index is 2.34. The molecule has 22 heavy (non-hydrogen) atoms. The van der Waals surface area contributed by atoms with Gasteiger partial charge in [0.15, 0.2) is 0 Å². The van der Waals surface area contributed by atoms with E-state index in [1.165, 1.54) is 0 Å². The van der Waals surface area contributed by atoms with Gasteiger partial charge in [0.05, 0.1) is 5.75 Å². The topological polar surface area (TPSA) is 64.0 Å². The number of rotatable bonds is 7. The lowest BCUT2D eigenvalue weighted by atomic mass is 10.1. The number of hydrogen-bond donors (Lipinski definition) is 1. The third kappa shape index (κ3) is 4.32. The molecule has 0 amide bonds. The lowest BCUT2D eigenvalue weighted by molar-refractivity contribution is 0.560. The number of aryl methyl sites for hydroxylation is 1. The predicted octanol–water partition coefficient (Wildman–Crippen LogP) is 2.88. The molecule has 0 bridgehead atoms. The normalized spacial score (nSPS) is 13.2. The van der Waals surface area contributed by atoms with Crippen LogP contribution in [0.2, 0.25) is 5.02 Å². The van der Waals surface area contributed by atoms with Crippen molar-refractivity contribution in [3.8, 4) is 0 Å². The van der Waals surface area contributed by atoms with Crippen molar-refractivity contribution in [2.45, 2.75) is 25.8 Å². The van der Waals surface area contributed by atoms with E-state index in [-0.39, 0.29) is 5.75 Å². The van der Waals surface area contributed by atoms with Gasteiger partial charge in [-0.1, -0.05) is 37.1 Å². The van der Waals surface area contributed by atoms with Crippen LogP contribution < -0.4 is 4.72 Å². The van der Waals surface area contributed by atoms with Crippen molar-refractivity contribution in [2.24, 2.45) is 7.05 Å². The Labute approximate surface area is 136 Å². The number of imidazole rings is 1. The molecule has 5 nitrogen and oxygen atoms in total. The summed E-state index contributed by atoms with van der Waals surface area (Å²) in [5.74, 6) is 0.750. The van der Waals surface area contributed by atoms with E-state index in [0.29, 0.717) is 17.3 Å². The van der Waals surface area contributed by atoms with Crippen molar-refractivity contribution in [1.82, 2.24) is 14.3 Å². The van der Waals surface area contributed by atoms with Crippen LogP contribution in [0.1, 0.15) is 37.2 Å². The van der Waals surface area contributed by atoms with E-state index >= 15 is 0 Å². The van der Waals surface area contributed by atoms with E-state index in [4.69, 9.17) is 11.6 Å². The molecule has 0 radical (unpaired) electrons. The van der Waals surface area contributed by atoms with E-state index in [9.17, 15) is 8.42 Å². The van der Waals surface area contributed by atoms with E-state index < -0.39 is 16.1 Å². The lowest BCUT2D eigenvalue weighted by Crippen LogP contribution is -2.32. The molecule has 2 rings (SSSR count). The molecule has 2 aromatic rings. The first kappa shape index (κ1) is 17.0. The van der Waals surface area contributed by atoms with Crippen LogP contribution in [0.3, 0.4) is 0 Å². The Morgan fingerprint density at radius 3 is 2.55 bits per heavy atom. The summed E-state index contributed by atoms with van der Waals surface area (Å²) in [4.78, 5) is 4.28. The first-order valence-electron chi connectivity index (χ1n) is 7.15. The Morgan fingerprint density at radius 1 is 1.32 bits per heavy atom. The Hall–Kier alpha value is -1.37. The van der Waals surface area contributed by atoms with E-state index in [0.717, 1.165) is 12.0 Å². The maximum absolute atomic E-state index is 12.3. The fourth-order valence-electron chi connectivity index (χ4n) is 2.15. The molecule has 0 saturated carbocycles. The zero-order chi connectivity index (χ0) is 16.2. The lowest BCUT2D eigenvalue weighted by Gasteiger charge is -2.19. The summed E-state index contributed by atoms with van der Waals surface area (Å²) in [5.41, 5.74) is 0.804. The molecule has 1 N–H and O–H groups in total. The summed E-state index contributed by atoms with van der Waals surface area (Å²) >= 11 is 5.91. The van der Waals surface area contributed by atoms with Crippen LogP contribution in [-0.2, 0) is 17.1 Å². The largest absolute Gasteiger partial charge is 0.336 e. The van der Waals surface area contributed by atoms with E-state index in [1.54, 1.807) is 24.5 Å². The van der Waals surface area contributed by atoms with Crippen molar-refractivity contribution in [3.05, 3.63) is 53.1 Å². The molecular formula is C15H20ClN3O2S. The van der Waals surface area contributed by atoms with Gasteiger partial charge in [-0.3, -0.25) is 0 Å². The predicted molar refractivity (Wildman–Crippen MR) is 88.3 cm³/mol. The number of hydrogen-bond acceptors (Lipinski definition) is 3. The molecule has 1 atom stereocenters. The average Bonchev–Trinajstić information content (AvgIpc) is 2.90. The quantitative estimate of drug-likeness (QED) is 0.842. The van der Waals surface area contributed by atoms with Gasteiger partial charge in [-0.2, -0.15) is 0 Å². The standard InChI is InChI=1S/C15H20ClN3O2S/c1-3-4-11-22(20,21)18-14(15-17-9-10-19(15)2)12-5-7-13(16)8-6-12/h5-10,14,18H,3-4,11H2,1-2H3. The van der Waals surface area contributed by atoms with Crippen LogP contribution in [0, 0.1) is 0 Å². The van der Waals surface area contributed by atoms with Crippen LogP contribution in [-0.4, -0.2) is 23.7 Å². The molecule has 120 valence electrons. The molecule has 1 heterocycles. The Kier molecular flexibility index (Phi) is 5.61.